The lowest BCUT2D eigenvalue weighted by Crippen LogP contribution is -2.03. The van der Waals surface area contributed by atoms with Crippen LogP contribution in [0.2, 0.25) is 0 Å². The minimum atomic E-state index is -0.0531. The minimum Gasteiger partial charge on any atom is -0.294 e. The molecule has 0 bridgehead atoms. The van der Waals surface area contributed by atoms with E-state index in [0.29, 0.717) is 20.3 Å². The van der Waals surface area contributed by atoms with Crippen molar-refractivity contribution < 1.29 is 9.59 Å². The second-order valence-corrected chi connectivity index (χ2v) is 7.71. The van der Waals surface area contributed by atoms with Gasteiger partial charge in [-0.3, -0.25) is 9.59 Å². The summed E-state index contributed by atoms with van der Waals surface area (Å²) in [6.07, 6.45) is 0.137. The van der Waals surface area contributed by atoms with E-state index in [9.17, 15) is 14.9 Å². The first-order valence-corrected chi connectivity index (χ1v) is 9.66. The summed E-state index contributed by atoms with van der Waals surface area (Å²) < 4.78 is 0.627. The van der Waals surface area contributed by atoms with Gasteiger partial charge in [0.25, 0.3) is 0 Å². The van der Waals surface area contributed by atoms with Crippen LogP contribution in [0.25, 0.3) is 0 Å². The number of benzene rings is 2. The van der Waals surface area contributed by atoms with Gasteiger partial charge < -0.3 is 0 Å². The normalized spacial score (nSPS) is 10.3. The molecular weight excluding hydrogens is 364 g/mol. The van der Waals surface area contributed by atoms with Gasteiger partial charge in [0.1, 0.15) is 6.07 Å². The number of carbonyl (C=O) groups is 2. The van der Waals surface area contributed by atoms with Crippen molar-refractivity contribution >= 4 is 34.7 Å². The summed E-state index contributed by atoms with van der Waals surface area (Å²) in [6.45, 7) is 0. The standard InChI is InChI=1S/C20H14N2O2S2/c21-12-16-19(11-17(23)14-7-3-1-4-8-14)26-20(22-16)25-13-18(24)15-9-5-2-6-10-15/h1-10H,11,13H2. The van der Waals surface area contributed by atoms with E-state index >= 15 is 0 Å². The molecule has 0 atom stereocenters. The van der Waals surface area contributed by atoms with Crippen LogP contribution < -0.4 is 0 Å². The summed E-state index contributed by atoms with van der Waals surface area (Å²) in [7, 11) is 0. The third-order valence-corrected chi connectivity index (χ3v) is 5.82. The topological polar surface area (TPSA) is 70.8 Å². The number of hydrogen-bond acceptors (Lipinski definition) is 6. The molecule has 0 aliphatic carbocycles. The molecule has 6 heteroatoms. The van der Waals surface area contributed by atoms with Gasteiger partial charge in [-0.25, -0.2) is 4.98 Å². The highest BCUT2D eigenvalue weighted by Crippen LogP contribution is 2.29. The van der Waals surface area contributed by atoms with Crippen LogP contribution in [-0.4, -0.2) is 22.3 Å². The SMILES string of the molecule is N#Cc1nc(SCC(=O)c2ccccc2)sc1CC(=O)c1ccccc1. The van der Waals surface area contributed by atoms with Crippen molar-refractivity contribution in [3.8, 4) is 6.07 Å². The number of carbonyl (C=O) groups excluding carboxylic acids is 2. The molecule has 0 fully saturated rings. The molecule has 0 aliphatic heterocycles. The Kier molecular flexibility index (Phi) is 5.95. The zero-order chi connectivity index (χ0) is 18.4. The van der Waals surface area contributed by atoms with E-state index in [0.717, 1.165) is 0 Å². The molecule has 1 heterocycles. The molecule has 0 amide bonds. The highest BCUT2D eigenvalue weighted by atomic mass is 32.2. The van der Waals surface area contributed by atoms with Gasteiger partial charge in [0, 0.05) is 17.5 Å². The van der Waals surface area contributed by atoms with Crippen LogP contribution in [0.4, 0.5) is 0 Å². The molecule has 1 aromatic heterocycles. The summed E-state index contributed by atoms with van der Waals surface area (Å²) in [5, 5.41) is 9.28. The number of Topliss-reactive ketones (excluding diaryl/α,β-unsaturated/α-hetero) is 2. The first-order chi connectivity index (χ1) is 12.7. The van der Waals surface area contributed by atoms with Crippen molar-refractivity contribution in [1.29, 1.82) is 5.26 Å². The quantitative estimate of drug-likeness (QED) is 0.450. The van der Waals surface area contributed by atoms with E-state index in [-0.39, 0.29) is 29.4 Å². The molecule has 0 aliphatic rings. The highest BCUT2D eigenvalue weighted by Gasteiger charge is 2.17. The van der Waals surface area contributed by atoms with E-state index in [1.54, 1.807) is 24.3 Å². The maximum absolute atomic E-state index is 12.4. The first-order valence-electron chi connectivity index (χ1n) is 7.86. The minimum absolute atomic E-state index is 0.00576. The molecule has 0 radical (unpaired) electrons. The van der Waals surface area contributed by atoms with Gasteiger partial charge in [0.2, 0.25) is 0 Å². The van der Waals surface area contributed by atoms with Crippen LogP contribution in [0.1, 0.15) is 31.3 Å². The van der Waals surface area contributed by atoms with Gasteiger partial charge in [-0.05, 0) is 0 Å². The fourth-order valence-corrected chi connectivity index (χ4v) is 4.34. The zero-order valence-electron chi connectivity index (χ0n) is 13.7. The van der Waals surface area contributed by atoms with Gasteiger partial charge in [-0.15, -0.1) is 11.3 Å². The van der Waals surface area contributed by atoms with E-state index < -0.39 is 0 Å². The Hall–Kier alpha value is -2.75. The average Bonchev–Trinajstić information content (AvgIpc) is 3.09. The Morgan fingerprint density at radius 1 is 0.962 bits per heavy atom. The Morgan fingerprint density at radius 3 is 2.12 bits per heavy atom. The number of thiazole rings is 1. The molecule has 0 unspecified atom stereocenters. The van der Waals surface area contributed by atoms with Crippen LogP contribution in [0.5, 0.6) is 0 Å². The predicted molar refractivity (Wildman–Crippen MR) is 103 cm³/mol. The fraction of sp³-hybridized carbons (Fsp3) is 0.100. The van der Waals surface area contributed by atoms with Crippen molar-refractivity contribution in [2.24, 2.45) is 0 Å². The molecule has 128 valence electrons. The number of rotatable bonds is 7. The third kappa shape index (κ3) is 4.45. The second-order valence-electron chi connectivity index (χ2n) is 5.41. The maximum Gasteiger partial charge on any atom is 0.173 e. The van der Waals surface area contributed by atoms with Gasteiger partial charge in [-0.1, -0.05) is 72.4 Å². The van der Waals surface area contributed by atoms with Crippen molar-refractivity contribution in [2.75, 3.05) is 5.75 Å². The summed E-state index contributed by atoms with van der Waals surface area (Å²) in [5.41, 5.74) is 1.52. The van der Waals surface area contributed by atoms with Gasteiger partial charge in [-0.2, -0.15) is 5.26 Å². The Bertz CT molecular complexity index is 960. The van der Waals surface area contributed by atoms with Gasteiger partial charge in [0.15, 0.2) is 21.6 Å². The number of nitriles is 1. The van der Waals surface area contributed by atoms with Crippen LogP contribution in [0, 0.1) is 11.3 Å². The molecule has 0 spiro atoms. The van der Waals surface area contributed by atoms with E-state index in [2.05, 4.69) is 4.98 Å². The number of hydrogen-bond donors (Lipinski definition) is 0. The van der Waals surface area contributed by atoms with Crippen molar-refractivity contribution in [1.82, 2.24) is 4.98 Å². The molecular formula is C20H14N2O2S2. The summed E-state index contributed by atoms with van der Waals surface area (Å²) in [4.78, 5) is 29.4. The smallest absolute Gasteiger partial charge is 0.173 e. The summed E-state index contributed by atoms with van der Waals surface area (Å²) >= 11 is 2.59. The van der Waals surface area contributed by atoms with Crippen LogP contribution in [-0.2, 0) is 6.42 Å². The number of ketones is 2. The Morgan fingerprint density at radius 2 is 1.54 bits per heavy atom. The third-order valence-electron chi connectivity index (χ3n) is 3.62. The molecule has 0 saturated heterocycles. The van der Waals surface area contributed by atoms with Crippen molar-refractivity contribution in [2.45, 2.75) is 10.8 Å². The predicted octanol–water partition coefficient (Wildman–Crippen LogP) is 4.42. The molecule has 4 nitrogen and oxygen atoms in total. The lowest BCUT2D eigenvalue weighted by atomic mass is 10.1. The Balaban J connectivity index is 1.68. The number of aromatic nitrogens is 1. The van der Waals surface area contributed by atoms with Gasteiger partial charge >= 0.3 is 0 Å². The first kappa shape index (κ1) is 18.1. The maximum atomic E-state index is 12.4. The van der Waals surface area contributed by atoms with Gasteiger partial charge in [0.05, 0.1) is 10.6 Å². The van der Waals surface area contributed by atoms with Crippen LogP contribution >= 0.6 is 23.1 Å². The van der Waals surface area contributed by atoms with Crippen molar-refractivity contribution in [3.63, 3.8) is 0 Å². The monoisotopic (exact) mass is 378 g/mol. The van der Waals surface area contributed by atoms with Crippen LogP contribution in [0.3, 0.4) is 0 Å². The summed E-state index contributed by atoms with van der Waals surface area (Å²) in [6, 6.07) is 20.1. The molecule has 3 aromatic rings. The fourth-order valence-electron chi connectivity index (χ4n) is 2.31. The number of nitrogens with zero attached hydrogens (tertiary/aromatic N) is 2. The van der Waals surface area contributed by atoms with E-state index in [4.69, 9.17) is 0 Å². The molecule has 2 aromatic carbocycles. The van der Waals surface area contributed by atoms with Crippen molar-refractivity contribution in [3.05, 3.63) is 82.4 Å². The zero-order valence-corrected chi connectivity index (χ0v) is 15.3. The second kappa shape index (κ2) is 8.56. The number of thioether (sulfide) groups is 1. The van der Waals surface area contributed by atoms with E-state index in [1.807, 2.05) is 42.5 Å². The lowest BCUT2D eigenvalue weighted by Gasteiger charge is -1.99. The Labute approximate surface area is 159 Å². The highest BCUT2D eigenvalue weighted by molar-refractivity contribution is 8.01. The molecule has 26 heavy (non-hydrogen) atoms. The molecule has 0 saturated carbocycles. The van der Waals surface area contributed by atoms with E-state index in [1.165, 1.54) is 23.1 Å². The summed E-state index contributed by atoms with van der Waals surface area (Å²) in [5.74, 6) is 0.197. The molecule has 0 N–H and O–H groups in total. The van der Waals surface area contributed by atoms with Crippen LogP contribution in [0.15, 0.2) is 65.0 Å². The largest absolute Gasteiger partial charge is 0.294 e. The average molecular weight is 378 g/mol. The lowest BCUT2D eigenvalue weighted by molar-refractivity contribution is 0.0991. The molecule has 3 rings (SSSR count).